The molecule has 0 aliphatic heterocycles. The number of hydrogen-bond donors (Lipinski definition) is 3. The van der Waals surface area contributed by atoms with Crippen LogP contribution in [0.3, 0.4) is 0 Å². The Labute approximate surface area is 169 Å². The lowest BCUT2D eigenvalue weighted by atomic mass is 10.2. The average molecular weight is 461 g/mol. The van der Waals surface area contributed by atoms with Crippen LogP contribution >= 0.6 is 15.9 Å². The molecule has 12 heteroatoms. The summed E-state index contributed by atoms with van der Waals surface area (Å²) in [5.74, 6) is -1.48. The van der Waals surface area contributed by atoms with Crippen molar-refractivity contribution < 1.29 is 23.5 Å². The number of carbonyl (C=O) groups excluding carboxylic acids is 1. The van der Waals surface area contributed by atoms with E-state index in [1.165, 1.54) is 18.2 Å². The first kappa shape index (κ1) is 18.7. The third kappa shape index (κ3) is 3.70. The van der Waals surface area contributed by atoms with E-state index in [9.17, 15) is 14.4 Å². The van der Waals surface area contributed by atoms with Gasteiger partial charge in [0.2, 0.25) is 11.6 Å². The fourth-order valence-electron chi connectivity index (χ4n) is 2.46. The Kier molecular flexibility index (Phi) is 5.01. The normalized spacial score (nSPS) is 11.6. The van der Waals surface area contributed by atoms with Crippen LogP contribution in [0.2, 0.25) is 0 Å². The molecule has 0 saturated carbocycles. The van der Waals surface area contributed by atoms with Crippen LogP contribution in [0.1, 0.15) is 16.2 Å². The highest BCUT2D eigenvalue weighted by atomic mass is 79.9. The summed E-state index contributed by atoms with van der Waals surface area (Å²) < 4.78 is 23.3. The Morgan fingerprint density at radius 2 is 2.00 bits per heavy atom. The largest absolute Gasteiger partial charge is 0.350 e. The smallest absolute Gasteiger partial charge is 0.296 e. The van der Waals surface area contributed by atoms with Gasteiger partial charge < -0.3 is 4.52 Å². The second-order valence-electron chi connectivity index (χ2n) is 5.62. The van der Waals surface area contributed by atoms with Crippen molar-refractivity contribution in [3.63, 3.8) is 0 Å². The first-order chi connectivity index (χ1) is 14.1. The minimum atomic E-state index is -0.655. The van der Waals surface area contributed by atoms with Gasteiger partial charge in [-0.25, -0.2) is 14.0 Å². The molecule has 10 nitrogen and oxygen atoms in total. The van der Waals surface area contributed by atoms with Gasteiger partial charge in [-0.2, -0.15) is 0 Å². The van der Waals surface area contributed by atoms with Crippen LogP contribution < -0.4 is 10.8 Å². The number of amides is 1. The fourth-order valence-corrected chi connectivity index (χ4v) is 2.82. The molecule has 0 bridgehead atoms. The molecule has 4 aromatic rings. The van der Waals surface area contributed by atoms with E-state index < -0.39 is 11.7 Å². The zero-order valence-corrected chi connectivity index (χ0v) is 15.8. The maximum atomic E-state index is 13.4. The number of fused-ring (bicyclic) bond motifs is 1. The minimum Gasteiger partial charge on any atom is -0.350 e. The number of aromatic nitrogens is 3. The molecule has 4 rings (SSSR count). The number of hydroxylamine groups is 1. The van der Waals surface area contributed by atoms with Crippen molar-refractivity contribution in [1.29, 1.82) is 0 Å². The van der Waals surface area contributed by atoms with Gasteiger partial charge in [-0.1, -0.05) is 17.3 Å². The molecule has 2 heterocycles. The maximum absolute atomic E-state index is 13.4. The van der Waals surface area contributed by atoms with Crippen LogP contribution in [0.25, 0.3) is 10.9 Å². The van der Waals surface area contributed by atoms with Crippen molar-refractivity contribution in [2.75, 3.05) is 5.32 Å². The first-order valence-electron chi connectivity index (χ1n) is 7.99. The highest BCUT2D eigenvalue weighted by Crippen LogP contribution is 2.24. The molecule has 0 saturated heterocycles. The van der Waals surface area contributed by atoms with Crippen LogP contribution in [0.5, 0.6) is 0 Å². The number of amidine groups is 1. The van der Waals surface area contributed by atoms with Crippen LogP contribution in [0.15, 0.2) is 61.1 Å². The molecule has 0 fully saturated rings. The lowest BCUT2D eigenvalue weighted by Gasteiger charge is -2.04. The van der Waals surface area contributed by atoms with Crippen LogP contribution in [0, 0.1) is 5.82 Å². The highest BCUT2D eigenvalue weighted by molar-refractivity contribution is 9.10. The number of nitrogens with one attached hydrogen (secondary N) is 2. The Hall–Kier alpha value is -3.64. The van der Waals surface area contributed by atoms with Gasteiger partial charge in [0.1, 0.15) is 11.3 Å². The number of halogens is 2. The van der Waals surface area contributed by atoms with Crippen molar-refractivity contribution in [2.45, 2.75) is 0 Å². The SMILES string of the molecule is O=C(Nc1nonc1C(=Nc1ccc(F)c(Br)c1)NO)c1onc2ccccc12. The zero-order valence-electron chi connectivity index (χ0n) is 14.3. The van der Waals surface area contributed by atoms with Gasteiger partial charge in [0.05, 0.1) is 15.5 Å². The van der Waals surface area contributed by atoms with Crippen LogP contribution in [-0.4, -0.2) is 32.4 Å². The van der Waals surface area contributed by atoms with Gasteiger partial charge >= 0.3 is 0 Å². The summed E-state index contributed by atoms with van der Waals surface area (Å²) in [4.78, 5) is 16.7. The van der Waals surface area contributed by atoms with Gasteiger partial charge in [0.15, 0.2) is 11.5 Å². The van der Waals surface area contributed by atoms with Crippen LogP contribution in [0.4, 0.5) is 15.9 Å². The third-order valence-corrected chi connectivity index (χ3v) is 4.39. The molecular formula is C17H10BrFN6O4. The summed E-state index contributed by atoms with van der Waals surface area (Å²) in [5.41, 5.74) is 2.56. The summed E-state index contributed by atoms with van der Waals surface area (Å²) in [6, 6.07) is 10.8. The van der Waals surface area contributed by atoms with Crippen LogP contribution in [-0.2, 0) is 0 Å². The van der Waals surface area contributed by atoms with E-state index >= 15 is 0 Å². The lowest BCUT2D eigenvalue weighted by molar-refractivity contribution is 0.0989. The minimum absolute atomic E-state index is 0.0348. The fraction of sp³-hybridized carbons (Fsp3) is 0. The molecular weight excluding hydrogens is 451 g/mol. The number of rotatable bonds is 4. The standard InChI is InChI=1S/C17H10BrFN6O4/c18-10-7-8(5-6-11(10)19)20-15(22-27)13-16(25-29-24-13)21-17(26)14-9-3-1-2-4-12(9)23-28-14/h1-7,27H,(H,20,22)(H,21,25,26). The molecule has 29 heavy (non-hydrogen) atoms. The summed E-state index contributed by atoms with van der Waals surface area (Å²) in [7, 11) is 0. The van der Waals surface area contributed by atoms with E-state index in [-0.39, 0.29) is 33.3 Å². The quantitative estimate of drug-likeness (QED) is 0.239. The molecule has 0 radical (unpaired) electrons. The maximum Gasteiger partial charge on any atom is 0.296 e. The van der Waals surface area contributed by atoms with Gasteiger partial charge in [-0.15, -0.1) is 0 Å². The first-order valence-corrected chi connectivity index (χ1v) is 8.78. The molecule has 0 unspecified atom stereocenters. The van der Waals surface area contributed by atoms with E-state index in [1.807, 2.05) is 5.48 Å². The topological polar surface area (TPSA) is 139 Å². The van der Waals surface area contributed by atoms with Gasteiger partial charge in [0.25, 0.3) is 5.91 Å². The van der Waals surface area contributed by atoms with Gasteiger partial charge in [0, 0.05) is 0 Å². The number of benzene rings is 2. The summed E-state index contributed by atoms with van der Waals surface area (Å²) in [5, 5.41) is 23.5. The van der Waals surface area contributed by atoms with E-state index in [0.717, 1.165) is 0 Å². The van der Waals surface area contributed by atoms with Crippen molar-refractivity contribution in [3.05, 3.63) is 64.2 Å². The van der Waals surface area contributed by atoms with Crippen molar-refractivity contribution in [3.8, 4) is 0 Å². The van der Waals surface area contributed by atoms with Crippen molar-refractivity contribution in [1.82, 2.24) is 21.0 Å². The second-order valence-corrected chi connectivity index (χ2v) is 6.47. The molecule has 0 aliphatic rings. The monoisotopic (exact) mass is 460 g/mol. The lowest BCUT2D eigenvalue weighted by Crippen LogP contribution is -2.23. The highest BCUT2D eigenvalue weighted by Gasteiger charge is 2.23. The molecule has 0 aliphatic carbocycles. The van der Waals surface area contributed by atoms with E-state index in [2.05, 4.69) is 46.3 Å². The predicted octanol–water partition coefficient (Wildman–Crippen LogP) is 3.42. The number of anilines is 1. The number of nitrogens with zero attached hydrogens (tertiary/aromatic N) is 4. The number of hydrogen-bond acceptors (Lipinski definition) is 8. The van der Waals surface area contributed by atoms with Gasteiger partial charge in [-0.05, 0) is 56.6 Å². The molecule has 3 N–H and O–H groups in total. The Morgan fingerprint density at radius 3 is 2.79 bits per heavy atom. The predicted molar refractivity (Wildman–Crippen MR) is 101 cm³/mol. The van der Waals surface area contributed by atoms with Crippen molar-refractivity contribution in [2.24, 2.45) is 4.99 Å². The second kappa shape index (κ2) is 7.77. The number of carbonyl (C=O) groups is 1. The molecule has 2 aromatic heterocycles. The third-order valence-electron chi connectivity index (χ3n) is 3.78. The molecule has 1 amide bonds. The van der Waals surface area contributed by atoms with Gasteiger partial charge in [-0.3, -0.25) is 20.8 Å². The zero-order chi connectivity index (χ0) is 20.4. The van der Waals surface area contributed by atoms with Crippen molar-refractivity contribution >= 4 is 50.1 Å². The van der Waals surface area contributed by atoms with E-state index in [0.29, 0.717) is 10.9 Å². The molecule has 0 atom stereocenters. The summed E-state index contributed by atoms with van der Waals surface area (Å²) in [6.07, 6.45) is 0. The summed E-state index contributed by atoms with van der Waals surface area (Å²) in [6.45, 7) is 0. The molecule has 146 valence electrons. The van der Waals surface area contributed by atoms with E-state index in [1.54, 1.807) is 24.3 Å². The number of aliphatic imine (C=N–C) groups is 1. The Balaban J connectivity index is 1.64. The summed E-state index contributed by atoms with van der Waals surface area (Å²) >= 11 is 3.05. The van der Waals surface area contributed by atoms with E-state index in [4.69, 9.17) is 4.52 Å². The Morgan fingerprint density at radius 1 is 1.17 bits per heavy atom. The molecule has 2 aromatic carbocycles. The average Bonchev–Trinajstić information content (AvgIpc) is 3.35. The Bertz CT molecular complexity index is 1240. The molecule has 0 spiro atoms.